The molecule has 0 fully saturated rings. The van der Waals surface area contributed by atoms with Crippen LogP contribution in [-0.2, 0) is 0 Å². The highest BCUT2D eigenvalue weighted by molar-refractivity contribution is 6.30. The number of hydrogen-bond acceptors (Lipinski definition) is 2. The number of amides is 1. The maximum absolute atomic E-state index is 12.3. The molecule has 0 spiro atoms. The van der Waals surface area contributed by atoms with Crippen LogP contribution in [0.1, 0.15) is 10.4 Å². The Kier molecular flexibility index (Phi) is 4.07. The Bertz CT molecular complexity index is 564. The Morgan fingerprint density at radius 2 is 1.63 bits per heavy atom. The second-order valence-electron chi connectivity index (χ2n) is 4.17. The van der Waals surface area contributed by atoms with Crippen LogP contribution >= 0.6 is 11.6 Å². The Labute approximate surface area is 117 Å². The third kappa shape index (κ3) is 3.06. The second-order valence-corrected chi connectivity index (χ2v) is 4.60. The lowest BCUT2D eigenvalue weighted by molar-refractivity contribution is 0.0993. The molecule has 1 N–H and O–H groups in total. The normalized spacial score (nSPS) is 10.1. The third-order valence-corrected chi connectivity index (χ3v) is 3.19. The average Bonchev–Trinajstić information content (AvgIpc) is 2.46. The molecular weight excluding hydrogens is 260 g/mol. The summed E-state index contributed by atoms with van der Waals surface area (Å²) in [6.07, 6.45) is 0. The first kappa shape index (κ1) is 13.4. The smallest absolute Gasteiger partial charge is 0.258 e. The van der Waals surface area contributed by atoms with Crippen LogP contribution in [0, 0.1) is 0 Å². The van der Waals surface area contributed by atoms with Gasteiger partial charge in [-0.1, -0.05) is 11.6 Å². The summed E-state index contributed by atoms with van der Waals surface area (Å²) in [6.45, 7) is 0. The van der Waals surface area contributed by atoms with E-state index in [0.29, 0.717) is 10.6 Å². The molecule has 0 heterocycles. The third-order valence-electron chi connectivity index (χ3n) is 2.94. The summed E-state index contributed by atoms with van der Waals surface area (Å²) in [5, 5.41) is 3.68. The van der Waals surface area contributed by atoms with Crippen molar-refractivity contribution in [1.82, 2.24) is 0 Å². The summed E-state index contributed by atoms with van der Waals surface area (Å²) in [4.78, 5) is 13.9. The van der Waals surface area contributed by atoms with Gasteiger partial charge in [0.1, 0.15) is 0 Å². The Balaban J connectivity index is 2.20. The van der Waals surface area contributed by atoms with Crippen molar-refractivity contribution in [3.8, 4) is 0 Å². The molecule has 0 aliphatic rings. The molecule has 98 valence electrons. The molecule has 0 unspecified atom stereocenters. The van der Waals surface area contributed by atoms with Crippen molar-refractivity contribution in [3.05, 3.63) is 59.1 Å². The van der Waals surface area contributed by atoms with E-state index in [1.165, 1.54) is 0 Å². The number of anilines is 2. The predicted octanol–water partition coefficient (Wildman–Crippen LogP) is 3.66. The van der Waals surface area contributed by atoms with E-state index in [1.54, 1.807) is 36.2 Å². The van der Waals surface area contributed by atoms with Crippen LogP contribution in [0.25, 0.3) is 0 Å². The Hall–Kier alpha value is -2.00. The molecule has 4 heteroatoms. The highest BCUT2D eigenvalue weighted by Crippen LogP contribution is 2.19. The van der Waals surface area contributed by atoms with Gasteiger partial charge in [-0.15, -0.1) is 0 Å². The van der Waals surface area contributed by atoms with Crippen LogP contribution in [0.3, 0.4) is 0 Å². The van der Waals surface area contributed by atoms with Gasteiger partial charge in [0.2, 0.25) is 0 Å². The lowest BCUT2D eigenvalue weighted by atomic mass is 10.1. The summed E-state index contributed by atoms with van der Waals surface area (Å²) in [7, 11) is 3.59. The van der Waals surface area contributed by atoms with E-state index >= 15 is 0 Å². The zero-order chi connectivity index (χ0) is 13.8. The van der Waals surface area contributed by atoms with Gasteiger partial charge in [0.05, 0.1) is 0 Å². The largest absolute Gasteiger partial charge is 0.388 e. The van der Waals surface area contributed by atoms with E-state index < -0.39 is 0 Å². The fourth-order valence-electron chi connectivity index (χ4n) is 1.76. The zero-order valence-electron chi connectivity index (χ0n) is 10.9. The minimum Gasteiger partial charge on any atom is -0.388 e. The van der Waals surface area contributed by atoms with Crippen LogP contribution < -0.4 is 10.2 Å². The van der Waals surface area contributed by atoms with Crippen molar-refractivity contribution < 1.29 is 4.79 Å². The van der Waals surface area contributed by atoms with E-state index in [0.717, 1.165) is 11.4 Å². The fraction of sp³-hybridized carbons (Fsp3) is 0.133. The number of carbonyl (C=O) groups is 1. The van der Waals surface area contributed by atoms with Crippen molar-refractivity contribution in [2.75, 3.05) is 24.3 Å². The number of rotatable bonds is 3. The van der Waals surface area contributed by atoms with Gasteiger partial charge in [-0.2, -0.15) is 0 Å². The van der Waals surface area contributed by atoms with Crippen molar-refractivity contribution in [2.24, 2.45) is 0 Å². The van der Waals surface area contributed by atoms with E-state index in [1.807, 2.05) is 31.3 Å². The van der Waals surface area contributed by atoms with Crippen LogP contribution in [0.4, 0.5) is 11.4 Å². The summed E-state index contributed by atoms with van der Waals surface area (Å²) in [5.41, 5.74) is 2.44. The van der Waals surface area contributed by atoms with Gasteiger partial charge < -0.3 is 10.2 Å². The van der Waals surface area contributed by atoms with Gasteiger partial charge >= 0.3 is 0 Å². The Morgan fingerprint density at radius 3 is 2.16 bits per heavy atom. The fourth-order valence-corrected chi connectivity index (χ4v) is 1.88. The molecule has 0 atom stereocenters. The van der Waals surface area contributed by atoms with Gasteiger partial charge in [0.15, 0.2) is 0 Å². The summed E-state index contributed by atoms with van der Waals surface area (Å²) in [5.74, 6) is -0.0509. The first-order valence-electron chi connectivity index (χ1n) is 5.93. The second kappa shape index (κ2) is 5.76. The van der Waals surface area contributed by atoms with E-state index in [-0.39, 0.29) is 5.91 Å². The molecule has 0 saturated heterocycles. The summed E-state index contributed by atoms with van der Waals surface area (Å²) < 4.78 is 0. The Morgan fingerprint density at radius 1 is 1.05 bits per heavy atom. The molecule has 19 heavy (non-hydrogen) atoms. The maximum Gasteiger partial charge on any atom is 0.258 e. The molecule has 0 saturated carbocycles. The minimum atomic E-state index is -0.0509. The van der Waals surface area contributed by atoms with Gasteiger partial charge in [-0.25, -0.2) is 0 Å². The maximum atomic E-state index is 12.3. The number of hydrogen-bond donors (Lipinski definition) is 1. The van der Waals surface area contributed by atoms with Crippen LogP contribution in [0.5, 0.6) is 0 Å². The molecule has 2 rings (SSSR count). The minimum absolute atomic E-state index is 0.0509. The quantitative estimate of drug-likeness (QED) is 0.926. The van der Waals surface area contributed by atoms with Crippen LogP contribution in [0.2, 0.25) is 5.02 Å². The lowest BCUT2D eigenvalue weighted by Crippen LogP contribution is -2.26. The summed E-state index contributed by atoms with van der Waals surface area (Å²) in [6, 6.07) is 14.5. The highest BCUT2D eigenvalue weighted by Gasteiger charge is 2.13. The molecule has 0 bridgehead atoms. The van der Waals surface area contributed by atoms with E-state index in [9.17, 15) is 4.79 Å². The molecule has 0 aliphatic carbocycles. The van der Waals surface area contributed by atoms with Gasteiger partial charge in [0, 0.05) is 36.1 Å². The molecule has 0 aliphatic heterocycles. The van der Waals surface area contributed by atoms with Crippen LogP contribution in [0.15, 0.2) is 48.5 Å². The van der Waals surface area contributed by atoms with Crippen molar-refractivity contribution >= 4 is 28.9 Å². The number of nitrogens with one attached hydrogen (secondary N) is 1. The highest BCUT2D eigenvalue weighted by atomic mass is 35.5. The van der Waals surface area contributed by atoms with Crippen molar-refractivity contribution in [3.63, 3.8) is 0 Å². The monoisotopic (exact) mass is 274 g/mol. The van der Waals surface area contributed by atoms with Gasteiger partial charge in [-0.05, 0) is 48.5 Å². The molecule has 2 aromatic rings. The first-order chi connectivity index (χ1) is 9.11. The number of nitrogens with zero attached hydrogens (tertiary/aromatic N) is 1. The average molecular weight is 275 g/mol. The topological polar surface area (TPSA) is 32.3 Å². The zero-order valence-corrected chi connectivity index (χ0v) is 11.6. The standard InChI is InChI=1S/C15H15ClN2O/c1-17-13-7-3-11(4-8-13)15(19)18(2)14-9-5-12(16)6-10-14/h3-10,17H,1-2H3. The number of benzene rings is 2. The predicted molar refractivity (Wildman–Crippen MR) is 80.2 cm³/mol. The summed E-state index contributed by atoms with van der Waals surface area (Å²) >= 11 is 5.84. The first-order valence-corrected chi connectivity index (χ1v) is 6.31. The van der Waals surface area contributed by atoms with Crippen LogP contribution in [-0.4, -0.2) is 20.0 Å². The number of halogens is 1. The van der Waals surface area contributed by atoms with Crippen molar-refractivity contribution in [2.45, 2.75) is 0 Å². The van der Waals surface area contributed by atoms with E-state index in [2.05, 4.69) is 5.32 Å². The molecule has 0 radical (unpaired) electrons. The number of carbonyl (C=O) groups excluding carboxylic acids is 1. The van der Waals surface area contributed by atoms with Gasteiger partial charge in [-0.3, -0.25) is 4.79 Å². The van der Waals surface area contributed by atoms with Crippen molar-refractivity contribution in [1.29, 1.82) is 0 Å². The molecule has 1 amide bonds. The lowest BCUT2D eigenvalue weighted by Gasteiger charge is -2.17. The molecule has 3 nitrogen and oxygen atoms in total. The van der Waals surface area contributed by atoms with Gasteiger partial charge in [0.25, 0.3) is 5.91 Å². The SMILES string of the molecule is CNc1ccc(C(=O)N(C)c2ccc(Cl)cc2)cc1. The molecule has 2 aromatic carbocycles. The molecular formula is C15H15ClN2O. The van der Waals surface area contributed by atoms with E-state index in [4.69, 9.17) is 11.6 Å². The molecule has 0 aromatic heterocycles.